The molecule has 0 amide bonds. The van der Waals surface area contributed by atoms with Gasteiger partial charge in [0, 0.05) is 42.5 Å². The Kier molecular flexibility index (Phi) is 4.30. The van der Waals surface area contributed by atoms with Crippen LogP contribution in [0.2, 0.25) is 0 Å². The van der Waals surface area contributed by atoms with Gasteiger partial charge >= 0.3 is 0 Å². The van der Waals surface area contributed by atoms with Gasteiger partial charge in [-0.15, -0.1) is 0 Å². The Bertz CT molecular complexity index is 194. The van der Waals surface area contributed by atoms with Crippen LogP contribution in [-0.2, 0) is 0 Å². The molecule has 0 bridgehead atoms. The third-order valence-corrected chi connectivity index (χ3v) is 4.79. The molecule has 0 N–H and O–H groups in total. The smallest absolute Gasteiger partial charge is 0.0201 e. The lowest BCUT2D eigenvalue weighted by Gasteiger charge is -2.40. The Labute approximate surface area is 108 Å². The summed E-state index contributed by atoms with van der Waals surface area (Å²) in [5.41, 5.74) is 0. The zero-order valence-corrected chi connectivity index (χ0v) is 12.1. The van der Waals surface area contributed by atoms with Crippen LogP contribution >= 0.6 is 22.9 Å². The van der Waals surface area contributed by atoms with Crippen molar-refractivity contribution in [2.24, 2.45) is 17.8 Å². The first-order valence-corrected chi connectivity index (χ1v) is 7.24. The van der Waals surface area contributed by atoms with Crippen LogP contribution < -0.4 is 0 Å². The van der Waals surface area contributed by atoms with Gasteiger partial charge in [-0.05, 0) is 43.7 Å². The van der Waals surface area contributed by atoms with E-state index in [9.17, 15) is 0 Å². The molecule has 2 aliphatic rings. The average molecular weight is 322 g/mol. The molecule has 0 atom stereocenters. The van der Waals surface area contributed by atoms with Gasteiger partial charge in [0.05, 0.1) is 0 Å². The van der Waals surface area contributed by atoms with E-state index >= 15 is 0 Å². The number of hydrogen-bond donors (Lipinski definition) is 0. The molecule has 88 valence electrons. The second kappa shape index (κ2) is 5.32. The van der Waals surface area contributed by atoms with Gasteiger partial charge < -0.3 is 4.90 Å². The molecular formula is C12H23IN2. The number of halogens is 1. The fourth-order valence-electron chi connectivity index (χ4n) is 2.79. The van der Waals surface area contributed by atoms with E-state index in [4.69, 9.17) is 0 Å². The highest BCUT2D eigenvalue weighted by Gasteiger charge is 2.28. The van der Waals surface area contributed by atoms with Crippen LogP contribution in [0.15, 0.2) is 0 Å². The summed E-state index contributed by atoms with van der Waals surface area (Å²) in [5, 5.41) is 0. The minimum atomic E-state index is 0.890. The maximum Gasteiger partial charge on any atom is 0.0201 e. The van der Waals surface area contributed by atoms with Crippen molar-refractivity contribution in [3.8, 4) is 0 Å². The van der Waals surface area contributed by atoms with E-state index in [-0.39, 0.29) is 0 Å². The van der Waals surface area contributed by atoms with Gasteiger partial charge in [0.25, 0.3) is 0 Å². The third kappa shape index (κ3) is 3.30. The molecule has 0 aliphatic carbocycles. The summed E-state index contributed by atoms with van der Waals surface area (Å²) in [6, 6.07) is 0. The summed E-state index contributed by atoms with van der Waals surface area (Å²) >= 11 is 2.43. The number of likely N-dealkylation sites (tertiary alicyclic amines) is 1. The van der Waals surface area contributed by atoms with Gasteiger partial charge in [0.15, 0.2) is 0 Å². The van der Waals surface area contributed by atoms with E-state index in [0.29, 0.717) is 0 Å². The molecule has 3 heteroatoms. The predicted molar refractivity (Wildman–Crippen MR) is 73.1 cm³/mol. The third-order valence-electron chi connectivity index (χ3n) is 4.00. The van der Waals surface area contributed by atoms with Gasteiger partial charge in [0.2, 0.25) is 0 Å². The van der Waals surface area contributed by atoms with E-state index in [1.165, 1.54) is 45.6 Å². The van der Waals surface area contributed by atoms with E-state index < -0.39 is 0 Å². The number of nitrogens with zero attached hydrogens (tertiary/aromatic N) is 2. The molecular weight excluding hydrogens is 299 g/mol. The van der Waals surface area contributed by atoms with Crippen molar-refractivity contribution in [1.82, 2.24) is 8.01 Å². The fourth-order valence-corrected chi connectivity index (χ4v) is 3.90. The predicted octanol–water partition coefficient (Wildman–Crippen LogP) is 2.64. The summed E-state index contributed by atoms with van der Waals surface area (Å²) in [7, 11) is 0. The molecule has 0 aromatic heterocycles. The van der Waals surface area contributed by atoms with Crippen molar-refractivity contribution in [2.45, 2.75) is 26.7 Å². The van der Waals surface area contributed by atoms with E-state index in [2.05, 4.69) is 44.7 Å². The molecule has 0 aromatic carbocycles. The molecule has 2 aliphatic heterocycles. The highest BCUT2D eigenvalue weighted by Crippen LogP contribution is 2.26. The largest absolute Gasteiger partial charge is 0.303 e. The minimum Gasteiger partial charge on any atom is -0.303 e. The Morgan fingerprint density at radius 1 is 1.20 bits per heavy atom. The minimum absolute atomic E-state index is 0.890. The molecule has 2 nitrogen and oxygen atoms in total. The summed E-state index contributed by atoms with van der Waals surface area (Å²) < 4.78 is 2.39. The van der Waals surface area contributed by atoms with Crippen LogP contribution in [0.3, 0.4) is 0 Å². The molecule has 0 aromatic rings. The van der Waals surface area contributed by atoms with E-state index in [1.807, 2.05) is 0 Å². The topological polar surface area (TPSA) is 6.48 Å². The maximum atomic E-state index is 2.69. The molecule has 15 heavy (non-hydrogen) atoms. The summed E-state index contributed by atoms with van der Waals surface area (Å²) in [6.45, 7) is 11.4. The number of rotatable bonds is 3. The first kappa shape index (κ1) is 12.1. The van der Waals surface area contributed by atoms with Crippen LogP contribution in [0, 0.1) is 17.8 Å². The molecule has 2 fully saturated rings. The Morgan fingerprint density at radius 2 is 1.80 bits per heavy atom. The molecule has 2 saturated heterocycles. The quantitative estimate of drug-likeness (QED) is 0.582. The van der Waals surface area contributed by atoms with Crippen molar-refractivity contribution in [3.05, 3.63) is 0 Å². The highest BCUT2D eigenvalue weighted by molar-refractivity contribution is 14.1. The molecule has 0 saturated carbocycles. The molecule has 0 radical (unpaired) electrons. The highest BCUT2D eigenvalue weighted by atomic mass is 127. The molecule has 2 heterocycles. The standard InChI is InChI=1S/C12H23IN2/c1-10(2)12-3-5-14(6-4-12)7-11-8-15(13)9-11/h10-12H,3-9H2,1-2H3. The number of piperidine rings is 1. The summed E-state index contributed by atoms with van der Waals surface area (Å²) in [6.07, 6.45) is 2.86. The Balaban J connectivity index is 1.65. The van der Waals surface area contributed by atoms with Crippen molar-refractivity contribution >= 4 is 22.9 Å². The number of hydrogen-bond acceptors (Lipinski definition) is 2. The zero-order valence-electron chi connectivity index (χ0n) is 9.95. The lowest BCUT2D eigenvalue weighted by molar-refractivity contribution is 0.106. The average Bonchev–Trinajstić information content (AvgIpc) is 2.16. The van der Waals surface area contributed by atoms with Crippen molar-refractivity contribution in [3.63, 3.8) is 0 Å². The lowest BCUT2D eigenvalue weighted by atomic mass is 9.86. The molecule has 0 unspecified atom stereocenters. The second-order valence-corrected chi connectivity index (χ2v) is 6.94. The first-order chi connectivity index (χ1) is 7.15. The van der Waals surface area contributed by atoms with Crippen LogP contribution in [0.5, 0.6) is 0 Å². The Hall–Kier alpha value is 0.650. The van der Waals surface area contributed by atoms with Crippen LogP contribution in [0.1, 0.15) is 26.7 Å². The molecule has 0 spiro atoms. The first-order valence-electron chi connectivity index (χ1n) is 6.28. The van der Waals surface area contributed by atoms with E-state index in [0.717, 1.165) is 17.8 Å². The zero-order chi connectivity index (χ0) is 10.8. The van der Waals surface area contributed by atoms with Crippen molar-refractivity contribution < 1.29 is 0 Å². The van der Waals surface area contributed by atoms with Crippen LogP contribution in [0.25, 0.3) is 0 Å². The Morgan fingerprint density at radius 3 is 2.27 bits per heavy atom. The van der Waals surface area contributed by atoms with Crippen LogP contribution in [-0.4, -0.2) is 40.7 Å². The fraction of sp³-hybridized carbons (Fsp3) is 1.00. The van der Waals surface area contributed by atoms with Crippen molar-refractivity contribution in [2.75, 3.05) is 32.7 Å². The summed E-state index contributed by atoms with van der Waals surface area (Å²) in [4.78, 5) is 2.69. The van der Waals surface area contributed by atoms with Gasteiger partial charge in [-0.1, -0.05) is 13.8 Å². The van der Waals surface area contributed by atoms with Gasteiger partial charge in [-0.25, -0.2) is 3.11 Å². The van der Waals surface area contributed by atoms with Gasteiger partial charge in [-0.2, -0.15) is 0 Å². The van der Waals surface area contributed by atoms with E-state index in [1.54, 1.807) is 0 Å². The maximum absolute atomic E-state index is 2.69. The molecule has 2 rings (SSSR count). The van der Waals surface area contributed by atoms with Crippen LogP contribution in [0.4, 0.5) is 0 Å². The van der Waals surface area contributed by atoms with Gasteiger partial charge in [0.1, 0.15) is 0 Å². The summed E-state index contributed by atoms with van der Waals surface area (Å²) in [5.74, 6) is 2.84. The normalized spacial score (nSPS) is 27.2. The second-order valence-electron chi connectivity index (χ2n) is 5.58. The van der Waals surface area contributed by atoms with Gasteiger partial charge in [-0.3, -0.25) is 0 Å². The monoisotopic (exact) mass is 322 g/mol. The van der Waals surface area contributed by atoms with Crippen molar-refractivity contribution in [1.29, 1.82) is 0 Å². The SMILES string of the molecule is CC(C)C1CCN(CC2CN(I)C2)CC1. The lowest BCUT2D eigenvalue weighted by Crippen LogP contribution is -2.48.